The number of carbonyl (C=O) groups excluding carboxylic acids is 2. The Morgan fingerprint density at radius 2 is 2.00 bits per heavy atom. The third-order valence-electron chi connectivity index (χ3n) is 3.48. The molecule has 1 aliphatic rings. The van der Waals surface area contributed by atoms with E-state index in [-0.39, 0.29) is 29.6 Å². The largest absolute Gasteiger partial charge is 0.351 e. The maximum absolute atomic E-state index is 13.5. The topological polar surface area (TPSA) is 75.4 Å². The van der Waals surface area contributed by atoms with Crippen LogP contribution in [-0.2, 0) is 4.79 Å². The van der Waals surface area contributed by atoms with Crippen LogP contribution in [0.2, 0.25) is 0 Å². The summed E-state index contributed by atoms with van der Waals surface area (Å²) in [6.45, 7) is 3.44. The second-order valence-electron chi connectivity index (χ2n) is 5.49. The highest BCUT2D eigenvalue weighted by molar-refractivity contribution is 6.14. The van der Waals surface area contributed by atoms with E-state index in [0.717, 1.165) is 17.0 Å². The van der Waals surface area contributed by atoms with E-state index in [1.807, 2.05) is 13.8 Å². The molecule has 1 N–H and O–H groups in total. The molecule has 1 aromatic carbocycles. The number of anilines is 2. The number of fused-ring (bicyclic) bond motifs is 1. The van der Waals surface area contributed by atoms with Gasteiger partial charge in [0, 0.05) is 18.2 Å². The Kier molecular flexibility index (Phi) is 3.59. The number of halogens is 2. The van der Waals surface area contributed by atoms with Gasteiger partial charge in [0.1, 0.15) is 6.54 Å². The fourth-order valence-corrected chi connectivity index (χ4v) is 2.25. The van der Waals surface area contributed by atoms with Crippen molar-refractivity contribution in [3.63, 3.8) is 0 Å². The molecular formula is C15H13F2N3O3. The van der Waals surface area contributed by atoms with Gasteiger partial charge in [0.2, 0.25) is 11.7 Å². The number of hydrogen-bond donors (Lipinski definition) is 1. The molecule has 0 unspecified atom stereocenters. The quantitative estimate of drug-likeness (QED) is 0.923. The minimum Gasteiger partial charge on any atom is -0.351 e. The predicted octanol–water partition coefficient (Wildman–Crippen LogP) is 2.68. The van der Waals surface area contributed by atoms with E-state index in [9.17, 15) is 18.4 Å². The minimum absolute atomic E-state index is 0.0251. The highest BCUT2D eigenvalue weighted by Crippen LogP contribution is 2.32. The van der Waals surface area contributed by atoms with Crippen molar-refractivity contribution in [1.29, 1.82) is 0 Å². The number of amides is 2. The zero-order valence-corrected chi connectivity index (χ0v) is 12.4. The van der Waals surface area contributed by atoms with Crippen molar-refractivity contribution >= 4 is 23.2 Å². The third kappa shape index (κ3) is 2.67. The normalized spacial score (nSPS) is 14.0. The summed E-state index contributed by atoms with van der Waals surface area (Å²) < 4.78 is 31.8. The van der Waals surface area contributed by atoms with E-state index in [1.165, 1.54) is 6.07 Å². The SMILES string of the molecule is CC(C)c1cc(C(=O)N2CC(=O)Nc3cc(F)c(F)cc32)on1. The lowest BCUT2D eigenvalue weighted by Crippen LogP contribution is -2.42. The van der Waals surface area contributed by atoms with Crippen LogP contribution in [0.3, 0.4) is 0 Å². The number of nitrogens with one attached hydrogen (secondary N) is 1. The van der Waals surface area contributed by atoms with Crippen LogP contribution in [0.15, 0.2) is 22.7 Å². The average Bonchev–Trinajstić information content (AvgIpc) is 2.97. The third-order valence-corrected chi connectivity index (χ3v) is 3.48. The molecule has 120 valence electrons. The van der Waals surface area contributed by atoms with Gasteiger partial charge in [-0.25, -0.2) is 8.78 Å². The lowest BCUT2D eigenvalue weighted by atomic mass is 10.1. The molecule has 0 radical (unpaired) electrons. The van der Waals surface area contributed by atoms with Crippen LogP contribution >= 0.6 is 0 Å². The Balaban J connectivity index is 2.01. The zero-order valence-electron chi connectivity index (χ0n) is 12.4. The van der Waals surface area contributed by atoms with E-state index in [1.54, 1.807) is 0 Å². The molecule has 0 saturated carbocycles. The molecule has 0 fully saturated rings. The molecule has 1 aromatic heterocycles. The Morgan fingerprint density at radius 1 is 1.30 bits per heavy atom. The maximum atomic E-state index is 13.5. The molecule has 0 spiro atoms. The van der Waals surface area contributed by atoms with Gasteiger partial charge in [-0.15, -0.1) is 0 Å². The molecule has 2 heterocycles. The Labute approximate surface area is 130 Å². The van der Waals surface area contributed by atoms with E-state index in [4.69, 9.17) is 4.52 Å². The van der Waals surface area contributed by atoms with Crippen molar-refractivity contribution < 1.29 is 22.9 Å². The van der Waals surface area contributed by atoms with Crippen LogP contribution in [-0.4, -0.2) is 23.5 Å². The fraction of sp³-hybridized carbons (Fsp3) is 0.267. The van der Waals surface area contributed by atoms with Crippen LogP contribution in [0.25, 0.3) is 0 Å². The molecule has 0 atom stereocenters. The van der Waals surface area contributed by atoms with E-state index in [2.05, 4.69) is 10.5 Å². The predicted molar refractivity (Wildman–Crippen MR) is 77.3 cm³/mol. The van der Waals surface area contributed by atoms with Crippen molar-refractivity contribution in [3.05, 3.63) is 41.3 Å². The summed E-state index contributed by atoms with van der Waals surface area (Å²) in [6, 6.07) is 3.17. The molecule has 23 heavy (non-hydrogen) atoms. The van der Waals surface area contributed by atoms with Gasteiger partial charge >= 0.3 is 0 Å². The van der Waals surface area contributed by atoms with Gasteiger partial charge in [0.25, 0.3) is 5.91 Å². The van der Waals surface area contributed by atoms with E-state index >= 15 is 0 Å². The first-order valence-electron chi connectivity index (χ1n) is 6.94. The summed E-state index contributed by atoms with van der Waals surface area (Å²) in [5.74, 6) is -3.40. The summed E-state index contributed by atoms with van der Waals surface area (Å²) >= 11 is 0. The van der Waals surface area contributed by atoms with Gasteiger partial charge in [-0.3, -0.25) is 14.5 Å². The molecule has 2 amide bonds. The van der Waals surface area contributed by atoms with Crippen LogP contribution in [0, 0.1) is 11.6 Å². The van der Waals surface area contributed by atoms with Crippen LogP contribution in [0.5, 0.6) is 0 Å². The molecule has 0 bridgehead atoms. The first kappa shape index (κ1) is 15.1. The Morgan fingerprint density at radius 3 is 2.65 bits per heavy atom. The maximum Gasteiger partial charge on any atom is 0.297 e. The molecular weight excluding hydrogens is 308 g/mol. The van der Waals surface area contributed by atoms with Gasteiger partial charge in [-0.1, -0.05) is 19.0 Å². The lowest BCUT2D eigenvalue weighted by molar-refractivity contribution is -0.115. The van der Waals surface area contributed by atoms with Crippen LogP contribution in [0.1, 0.15) is 36.0 Å². The smallest absolute Gasteiger partial charge is 0.297 e. The second-order valence-corrected chi connectivity index (χ2v) is 5.49. The molecule has 0 aliphatic carbocycles. The number of rotatable bonds is 2. The van der Waals surface area contributed by atoms with Crippen LogP contribution < -0.4 is 10.2 Å². The van der Waals surface area contributed by atoms with Gasteiger partial charge in [0.15, 0.2) is 11.6 Å². The Bertz CT molecular complexity index is 801. The fourth-order valence-electron chi connectivity index (χ4n) is 2.25. The summed E-state index contributed by atoms with van der Waals surface area (Å²) in [6.07, 6.45) is 0. The molecule has 3 rings (SSSR count). The monoisotopic (exact) mass is 321 g/mol. The number of aromatic nitrogens is 1. The van der Waals surface area contributed by atoms with Gasteiger partial charge in [0.05, 0.1) is 17.1 Å². The number of nitrogens with zero attached hydrogens (tertiary/aromatic N) is 2. The lowest BCUT2D eigenvalue weighted by Gasteiger charge is -2.28. The number of benzene rings is 1. The molecule has 0 saturated heterocycles. The van der Waals surface area contributed by atoms with Gasteiger partial charge < -0.3 is 9.84 Å². The number of carbonyl (C=O) groups is 2. The summed E-state index contributed by atoms with van der Waals surface area (Å²) in [7, 11) is 0. The summed E-state index contributed by atoms with van der Waals surface area (Å²) in [4.78, 5) is 25.3. The Hall–Kier alpha value is -2.77. The van der Waals surface area contributed by atoms with E-state index in [0.29, 0.717) is 5.69 Å². The van der Waals surface area contributed by atoms with Crippen molar-refractivity contribution in [3.8, 4) is 0 Å². The standard InChI is InChI=1S/C15H13F2N3O3/c1-7(2)10-5-13(23-19-10)15(22)20-6-14(21)18-11-3-8(16)9(17)4-12(11)20/h3-5,7H,6H2,1-2H3,(H,18,21). The highest BCUT2D eigenvalue weighted by Gasteiger charge is 2.31. The van der Waals surface area contributed by atoms with Crippen molar-refractivity contribution in [2.45, 2.75) is 19.8 Å². The minimum atomic E-state index is -1.11. The number of hydrogen-bond acceptors (Lipinski definition) is 4. The summed E-state index contributed by atoms with van der Waals surface area (Å²) in [5.41, 5.74) is 0.674. The van der Waals surface area contributed by atoms with Gasteiger partial charge in [-0.05, 0) is 5.92 Å². The van der Waals surface area contributed by atoms with Crippen molar-refractivity contribution in [2.75, 3.05) is 16.8 Å². The molecule has 2 aromatic rings. The van der Waals surface area contributed by atoms with Crippen molar-refractivity contribution in [2.24, 2.45) is 0 Å². The first-order valence-corrected chi connectivity index (χ1v) is 6.94. The van der Waals surface area contributed by atoms with Gasteiger partial charge in [-0.2, -0.15) is 0 Å². The first-order chi connectivity index (χ1) is 10.9. The second kappa shape index (κ2) is 5.45. The molecule has 6 nitrogen and oxygen atoms in total. The van der Waals surface area contributed by atoms with E-state index < -0.39 is 23.4 Å². The van der Waals surface area contributed by atoms with Crippen molar-refractivity contribution in [1.82, 2.24) is 5.16 Å². The molecule has 1 aliphatic heterocycles. The highest BCUT2D eigenvalue weighted by atomic mass is 19.2. The summed E-state index contributed by atoms with van der Waals surface area (Å²) in [5, 5.41) is 6.18. The molecule has 8 heteroatoms. The average molecular weight is 321 g/mol. The van der Waals surface area contributed by atoms with Crippen LogP contribution in [0.4, 0.5) is 20.2 Å². The zero-order chi connectivity index (χ0) is 16.7.